The molecule has 0 radical (unpaired) electrons. The molecule has 0 saturated carbocycles. The zero-order valence-corrected chi connectivity index (χ0v) is 14.1. The van der Waals surface area contributed by atoms with Crippen molar-refractivity contribution in [3.63, 3.8) is 0 Å². The summed E-state index contributed by atoms with van der Waals surface area (Å²) in [5.41, 5.74) is 0.592. The minimum absolute atomic E-state index is 0.168. The predicted molar refractivity (Wildman–Crippen MR) is 86.1 cm³/mol. The lowest BCUT2D eigenvalue weighted by Gasteiger charge is -2.20. The zero-order valence-electron chi connectivity index (χ0n) is 11.7. The van der Waals surface area contributed by atoms with Crippen molar-refractivity contribution < 1.29 is 13.2 Å². The topological polar surface area (TPSA) is 66.5 Å². The first-order valence-electron chi connectivity index (χ1n) is 7.00. The highest BCUT2D eigenvalue weighted by atomic mass is 79.9. The quantitative estimate of drug-likeness (QED) is 0.823. The summed E-state index contributed by atoms with van der Waals surface area (Å²) in [5.74, 6) is -0.168. The molecule has 116 valence electrons. The van der Waals surface area contributed by atoms with Crippen LogP contribution in [0.1, 0.15) is 25.7 Å². The number of alkyl halides is 1. The van der Waals surface area contributed by atoms with Gasteiger partial charge in [0, 0.05) is 18.8 Å². The molecular weight excluding hydrogens is 356 g/mol. The van der Waals surface area contributed by atoms with Crippen molar-refractivity contribution in [3.8, 4) is 0 Å². The summed E-state index contributed by atoms with van der Waals surface area (Å²) in [6.07, 6.45) is 4.00. The SMILES string of the molecule is O=C(CBr)Nc1ccc(S(=O)(=O)N2CCCCCC2)cc1. The van der Waals surface area contributed by atoms with Gasteiger partial charge in [0.2, 0.25) is 15.9 Å². The van der Waals surface area contributed by atoms with Crippen LogP contribution in [0.25, 0.3) is 0 Å². The summed E-state index contributed by atoms with van der Waals surface area (Å²) in [6, 6.07) is 6.32. The maximum Gasteiger partial charge on any atom is 0.243 e. The first-order chi connectivity index (χ1) is 10.0. The molecule has 7 heteroatoms. The molecule has 1 aliphatic rings. The Bertz CT molecular complexity index is 579. The summed E-state index contributed by atoms with van der Waals surface area (Å²) in [4.78, 5) is 11.5. The fourth-order valence-electron chi connectivity index (χ4n) is 2.34. The number of carbonyl (C=O) groups excluding carboxylic acids is 1. The Labute approximate surface area is 133 Å². The van der Waals surface area contributed by atoms with Gasteiger partial charge in [0.05, 0.1) is 10.2 Å². The summed E-state index contributed by atoms with van der Waals surface area (Å²) in [5, 5.41) is 2.87. The monoisotopic (exact) mass is 374 g/mol. The van der Waals surface area contributed by atoms with Crippen molar-refractivity contribution in [1.82, 2.24) is 4.31 Å². The van der Waals surface area contributed by atoms with Crippen molar-refractivity contribution in [2.45, 2.75) is 30.6 Å². The van der Waals surface area contributed by atoms with Crippen molar-refractivity contribution >= 4 is 37.5 Å². The Morgan fingerprint density at radius 3 is 2.19 bits per heavy atom. The van der Waals surface area contributed by atoms with Crippen LogP contribution in [0.3, 0.4) is 0 Å². The Balaban J connectivity index is 2.14. The Hall–Kier alpha value is -0.920. The maximum absolute atomic E-state index is 12.6. The Morgan fingerprint density at radius 2 is 1.67 bits per heavy atom. The standard InChI is InChI=1S/C14H19BrN2O3S/c15-11-14(18)16-12-5-7-13(8-6-12)21(19,20)17-9-3-1-2-4-10-17/h5-8H,1-4,9-11H2,(H,16,18). The van der Waals surface area contributed by atoms with Gasteiger partial charge in [-0.2, -0.15) is 4.31 Å². The molecule has 0 aliphatic carbocycles. The summed E-state index contributed by atoms with van der Waals surface area (Å²) in [6.45, 7) is 1.18. The molecule has 5 nitrogen and oxygen atoms in total. The molecular formula is C14H19BrN2O3S. The lowest BCUT2D eigenvalue weighted by atomic mass is 10.2. The number of nitrogens with one attached hydrogen (secondary N) is 1. The Kier molecular flexibility index (Phi) is 5.78. The molecule has 0 atom stereocenters. The minimum Gasteiger partial charge on any atom is -0.325 e. The number of benzene rings is 1. The first kappa shape index (κ1) is 16.5. The third kappa shape index (κ3) is 4.28. The highest BCUT2D eigenvalue weighted by Crippen LogP contribution is 2.21. The Morgan fingerprint density at radius 1 is 1.10 bits per heavy atom. The molecule has 1 saturated heterocycles. The lowest BCUT2D eigenvalue weighted by Crippen LogP contribution is -2.31. The van der Waals surface area contributed by atoms with E-state index in [0.29, 0.717) is 18.8 Å². The third-order valence-electron chi connectivity index (χ3n) is 3.46. The van der Waals surface area contributed by atoms with Gasteiger partial charge in [-0.05, 0) is 37.1 Å². The van der Waals surface area contributed by atoms with Gasteiger partial charge in [-0.3, -0.25) is 4.79 Å². The second-order valence-electron chi connectivity index (χ2n) is 5.02. The fourth-order valence-corrected chi connectivity index (χ4v) is 3.99. The number of halogens is 1. The van der Waals surface area contributed by atoms with Crippen LogP contribution in [0, 0.1) is 0 Å². The summed E-state index contributed by atoms with van der Waals surface area (Å²) < 4.78 is 26.7. The van der Waals surface area contributed by atoms with Crippen LogP contribution in [-0.2, 0) is 14.8 Å². The molecule has 1 fully saturated rings. The molecule has 1 N–H and O–H groups in total. The highest BCUT2D eigenvalue weighted by Gasteiger charge is 2.24. The molecule has 1 amide bonds. The minimum atomic E-state index is -3.42. The number of rotatable bonds is 4. The van der Waals surface area contributed by atoms with Gasteiger partial charge in [-0.15, -0.1) is 0 Å². The smallest absolute Gasteiger partial charge is 0.243 e. The van der Waals surface area contributed by atoms with E-state index in [1.54, 1.807) is 28.6 Å². The highest BCUT2D eigenvalue weighted by molar-refractivity contribution is 9.09. The van der Waals surface area contributed by atoms with E-state index in [0.717, 1.165) is 25.7 Å². The van der Waals surface area contributed by atoms with Crippen molar-refractivity contribution in [3.05, 3.63) is 24.3 Å². The van der Waals surface area contributed by atoms with Crippen LogP contribution in [-0.4, -0.2) is 37.0 Å². The van der Waals surface area contributed by atoms with Crippen LogP contribution in [0.15, 0.2) is 29.2 Å². The number of hydrogen-bond acceptors (Lipinski definition) is 3. The van der Waals surface area contributed by atoms with E-state index in [4.69, 9.17) is 0 Å². The number of anilines is 1. The van der Waals surface area contributed by atoms with Gasteiger partial charge >= 0.3 is 0 Å². The largest absolute Gasteiger partial charge is 0.325 e. The average molecular weight is 375 g/mol. The van der Waals surface area contributed by atoms with E-state index in [2.05, 4.69) is 21.2 Å². The van der Waals surface area contributed by atoms with Gasteiger partial charge in [-0.25, -0.2) is 8.42 Å². The zero-order chi connectivity index (χ0) is 15.3. The number of amides is 1. The lowest BCUT2D eigenvalue weighted by molar-refractivity contribution is -0.113. The number of sulfonamides is 1. The van der Waals surface area contributed by atoms with Crippen molar-refractivity contribution in [2.24, 2.45) is 0 Å². The van der Waals surface area contributed by atoms with Gasteiger partial charge in [-0.1, -0.05) is 28.8 Å². The second-order valence-corrected chi connectivity index (χ2v) is 7.52. The fraction of sp³-hybridized carbons (Fsp3) is 0.500. The van der Waals surface area contributed by atoms with Gasteiger partial charge in [0.15, 0.2) is 0 Å². The van der Waals surface area contributed by atoms with E-state index in [9.17, 15) is 13.2 Å². The normalized spacial score (nSPS) is 17.2. The second kappa shape index (κ2) is 7.38. The van der Waals surface area contributed by atoms with Crippen molar-refractivity contribution in [2.75, 3.05) is 23.7 Å². The van der Waals surface area contributed by atoms with E-state index in [-0.39, 0.29) is 16.1 Å². The summed E-state index contributed by atoms with van der Waals surface area (Å²) >= 11 is 3.06. The van der Waals surface area contributed by atoms with E-state index < -0.39 is 10.0 Å². The molecule has 1 aromatic rings. The maximum atomic E-state index is 12.6. The molecule has 1 aromatic carbocycles. The van der Waals surface area contributed by atoms with Crippen LogP contribution in [0.4, 0.5) is 5.69 Å². The average Bonchev–Trinajstić information content (AvgIpc) is 2.77. The van der Waals surface area contributed by atoms with Gasteiger partial charge in [0.25, 0.3) is 0 Å². The molecule has 2 rings (SSSR count). The third-order valence-corrected chi connectivity index (χ3v) is 5.88. The molecule has 1 aliphatic heterocycles. The number of hydrogen-bond donors (Lipinski definition) is 1. The first-order valence-corrected chi connectivity index (χ1v) is 9.56. The molecule has 0 unspecified atom stereocenters. The summed E-state index contributed by atoms with van der Waals surface area (Å²) in [7, 11) is -3.42. The van der Waals surface area contributed by atoms with Gasteiger partial charge in [0.1, 0.15) is 0 Å². The molecule has 0 bridgehead atoms. The van der Waals surface area contributed by atoms with Gasteiger partial charge < -0.3 is 5.32 Å². The van der Waals surface area contributed by atoms with Crippen LogP contribution >= 0.6 is 15.9 Å². The van der Waals surface area contributed by atoms with E-state index in [1.165, 1.54) is 0 Å². The van der Waals surface area contributed by atoms with Crippen molar-refractivity contribution in [1.29, 1.82) is 0 Å². The number of nitrogens with zero attached hydrogens (tertiary/aromatic N) is 1. The molecule has 21 heavy (non-hydrogen) atoms. The van der Waals surface area contributed by atoms with Crippen LogP contribution in [0.2, 0.25) is 0 Å². The van der Waals surface area contributed by atoms with Crippen LogP contribution < -0.4 is 5.32 Å². The van der Waals surface area contributed by atoms with E-state index in [1.807, 2.05) is 0 Å². The van der Waals surface area contributed by atoms with Crippen LogP contribution in [0.5, 0.6) is 0 Å². The number of carbonyl (C=O) groups is 1. The molecule has 0 aromatic heterocycles. The molecule has 1 heterocycles. The predicted octanol–water partition coefficient (Wildman–Crippen LogP) is 2.58. The van der Waals surface area contributed by atoms with E-state index >= 15 is 0 Å². The molecule has 0 spiro atoms.